The van der Waals surface area contributed by atoms with Crippen LogP contribution in [0, 0.1) is 0 Å². The normalized spacial score (nSPS) is 12.7. The Morgan fingerprint density at radius 3 is 2.70 bits per heavy atom. The summed E-state index contributed by atoms with van der Waals surface area (Å²) >= 11 is 8.69. The SMILES string of the molecule is O=S(=O)(NCCOCC(F)(F)F)c1cc(Br)cnc1Cl. The predicted octanol–water partition coefficient (Wildman–Crippen LogP) is 2.35. The molecule has 1 aromatic rings. The first-order chi connectivity index (χ1) is 9.12. The number of hydrogen-bond donors (Lipinski definition) is 1. The molecule has 11 heteroatoms. The molecule has 1 heterocycles. The molecule has 5 nitrogen and oxygen atoms in total. The number of sulfonamides is 1. The van der Waals surface area contributed by atoms with Crippen LogP contribution in [0.5, 0.6) is 0 Å². The average molecular weight is 398 g/mol. The molecule has 0 aromatic carbocycles. The predicted molar refractivity (Wildman–Crippen MR) is 69.0 cm³/mol. The van der Waals surface area contributed by atoms with E-state index in [4.69, 9.17) is 11.6 Å². The lowest BCUT2D eigenvalue weighted by Gasteiger charge is -2.10. The number of nitrogens with zero attached hydrogens (tertiary/aromatic N) is 1. The first-order valence-corrected chi connectivity index (χ1v) is 7.72. The first-order valence-electron chi connectivity index (χ1n) is 5.07. The number of alkyl halides is 3. The highest BCUT2D eigenvalue weighted by Crippen LogP contribution is 2.22. The van der Waals surface area contributed by atoms with Crippen molar-refractivity contribution < 1.29 is 26.3 Å². The van der Waals surface area contributed by atoms with Crippen molar-refractivity contribution in [3.63, 3.8) is 0 Å². The largest absolute Gasteiger partial charge is 0.411 e. The maximum Gasteiger partial charge on any atom is 0.411 e. The third kappa shape index (κ3) is 5.92. The molecule has 114 valence electrons. The van der Waals surface area contributed by atoms with Gasteiger partial charge < -0.3 is 4.74 Å². The third-order valence-corrected chi connectivity index (χ3v) is 4.19. The van der Waals surface area contributed by atoms with Crippen molar-refractivity contribution in [1.29, 1.82) is 0 Å². The second-order valence-corrected chi connectivity index (χ2v) is 6.52. The van der Waals surface area contributed by atoms with Gasteiger partial charge in [-0.05, 0) is 22.0 Å². The molecule has 0 saturated heterocycles. The second-order valence-electron chi connectivity index (χ2n) is 3.51. The van der Waals surface area contributed by atoms with Gasteiger partial charge in [-0.3, -0.25) is 0 Å². The molecule has 1 N–H and O–H groups in total. The molecule has 0 bridgehead atoms. The van der Waals surface area contributed by atoms with Crippen LogP contribution in [0.1, 0.15) is 0 Å². The third-order valence-electron chi connectivity index (χ3n) is 1.87. The minimum atomic E-state index is -4.45. The fourth-order valence-electron chi connectivity index (χ4n) is 1.11. The second kappa shape index (κ2) is 7.03. The van der Waals surface area contributed by atoms with Crippen LogP contribution in [-0.2, 0) is 14.8 Å². The highest BCUT2D eigenvalue weighted by atomic mass is 79.9. The van der Waals surface area contributed by atoms with Crippen molar-refractivity contribution >= 4 is 37.6 Å². The van der Waals surface area contributed by atoms with E-state index in [2.05, 4.69) is 30.4 Å². The summed E-state index contributed by atoms with van der Waals surface area (Å²) in [7, 11) is -3.97. The fourth-order valence-corrected chi connectivity index (χ4v) is 3.06. The lowest BCUT2D eigenvalue weighted by molar-refractivity contribution is -0.173. The molecule has 1 rings (SSSR count). The lowest BCUT2D eigenvalue weighted by atomic mass is 10.5. The van der Waals surface area contributed by atoms with Crippen LogP contribution in [-0.4, -0.2) is 39.3 Å². The molecule has 20 heavy (non-hydrogen) atoms. The first kappa shape index (κ1) is 17.6. The Bertz CT molecular complexity index is 568. The molecular formula is C9H9BrClF3N2O3S. The van der Waals surface area contributed by atoms with Crippen molar-refractivity contribution in [2.75, 3.05) is 19.8 Å². The van der Waals surface area contributed by atoms with Gasteiger partial charge in [0.25, 0.3) is 0 Å². The zero-order valence-electron chi connectivity index (χ0n) is 9.75. The highest BCUT2D eigenvalue weighted by molar-refractivity contribution is 9.10. The van der Waals surface area contributed by atoms with E-state index in [1.807, 2.05) is 0 Å². The Balaban J connectivity index is 2.56. The summed E-state index contributed by atoms with van der Waals surface area (Å²) in [5.41, 5.74) is 0. The van der Waals surface area contributed by atoms with Crippen LogP contribution in [0.2, 0.25) is 5.15 Å². The lowest BCUT2D eigenvalue weighted by Crippen LogP contribution is -2.29. The topological polar surface area (TPSA) is 68.3 Å². The maximum absolute atomic E-state index is 11.8. The van der Waals surface area contributed by atoms with Crippen molar-refractivity contribution in [1.82, 2.24) is 9.71 Å². The minimum Gasteiger partial charge on any atom is -0.371 e. The van der Waals surface area contributed by atoms with E-state index in [1.54, 1.807) is 0 Å². The molecular weight excluding hydrogens is 389 g/mol. The van der Waals surface area contributed by atoms with Crippen molar-refractivity contribution in [3.8, 4) is 0 Å². The zero-order chi connectivity index (χ0) is 15.4. The Kier molecular flexibility index (Phi) is 6.20. The monoisotopic (exact) mass is 396 g/mol. The number of nitrogens with one attached hydrogen (secondary N) is 1. The van der Waals surface area contributed by atoms with Gasteiger partial charge in [-0.25, -0.2) is 18.1 Å². The quantitative estimate of drug-likeness (QED) is 0.591. The van der Waals surface area contributed by atoms with E-state index in [0.717, 1.165) is 0 Å². The van der Waals surface area contributed by atoms with Gasteiger partial charge in [-0.1, -0.05) is 11.6 Å². The van der Waals surface area contributed by atoms with Gasteiger partial charge in [0.2, 0.25) is 10.0 Å². The number of rotatable bonds is 6. The number of aromatic nitrogens is 1. The summed E-state index contributed by atoms with van der Waals surface area (Å²) in [6, 6.07) is 1.23. The van der Waals surface area contributed by atoms with Gasteiger partial charge in [0, 0.05) is 17.2 Å². The number of pyridine rings is 1. The van der Waals surface area contributed by atoms with E-state index < -0.39 is 29.4 Å². The standard InChI is InChI=1S/C9H9BrClF3N2O3S/c10-6-3-7(8(11)15-4-6)20(17,18)16-1-2-19-5-9(12,13)14/h3-4,16H,1-2,5H2. The van der Waals surface area contributed by atoms with Crippen LogP contribution < -0.4 is 4.72 Å². The molecule has 0 spiro atoms. The van der Waals surface area contributed by atoms with Gasteiger partial charge in [0.1, 0.15) is 16.7 Å². The summed E-state index contributed by atoms with van der Waals surface area (Å²) in [5, 5.41) is -0.239. The van der Waals surface area contributed by atoms with Crippen LogP contribution in [0.3, 0.4) is 0 Å². The van der Waals surface area contributed by atoms with Gasteiger partial charge in [0.05, 0.1) is 6.61 Å². The van der Waals surface area contributed by atoms with Gasteiger partial charge in [-0.2, -0.15) is 13.2 Å². The van der Waals surface area contributed by atoms with Crippen LogP contribution in [0.4, 0.5) is 13.2 Å². The molecule has 0 aliphatic carbocycles. The van der Waals surface area contributed by atoms with Crippen LogP contribution in [0.15, 0.2) is 21.6 Å². The van der Waals surface area contributed by atoms with E-state index in [-0.39, 0.29) is 16.6 Å². The maximum atomic E-state index is 11.8. The van der Waals surface area contributed by atoms with E-state index in [0.29, 0.717) is 4.47 Å². The molecule has 0 aliphatic rings. The summed E-state index contributed by atoms with van der Waals surface area (Å²) in [6.07, 6.45) is -3.13. The van der Waals surface area contributed by atoms with Gasteiger partial charge in [-0.15, -0.1) is 0 Å². The zero-order valence-corrected chi connectivity index (χ0v) is 12.9. The molecule has 0 aliphatic heterocycles. The molecule has 0 atom stereocenters. The molecule has 0 unspecified atom stereocenters. The Labute approximate surface area is 126 Å². The average Bonchev–Trinajstić information content (AvgIpc) is 2.30. The molecule has 0 amide bonds. The van der Waals surface area contributed by atoms with E-state index in [9.17, 15) is 21.6 Å². The summed E-state index contributed by atoms with van der Waals surface area (Å²) in [6.45, 7) is -2.17. The summed E-state index contributed by atoms with van der Waals surface area (Å²) < 4.78 is 65.8. The number of halogens is 5. The van der Waals surface area contributed by atoms with Crippen LogP contribution >= 0.6 is 27.5 Å². The Morgan fingerprint density at radius 2 is 2.10 bits per heavy atom. The van der Waals surface area contributed by atoms with Crippen molar-refractivity contribution in [2.45, 2.75) is 11.1 Å². The fraction of sp³-hybridized carbons (Fsp3) is 0.444. The highest BCUT2D eigenvalue weighted by Gasteiger charge is 2.27. The number of hydrogen-bond acceptors (Lipinski definition) is 4. The minimum absolute atomic E-state index is 0.239. The molecule has 0 fully saturated rings. The van der Waals surface area contributed by atoms with Gasteiger partial charge >= 0.3 is 6.18 Å². The van der Waals surface area contributed by atoms with Crippen molar-refractivity contribution in [2.24, 2.45) is 0 Å². The molecule has 0 radical (unpaired) electrons. The summed E-state index contributed by atoms with van der Waals surface area (Å²) in [5.74, 6) is 0. The summed E-state index contributed by atoms with van der Waals surface area (Å²) in [4.78, 5) is 3.37. The van der Waals surface area contributed by atoms with Crippen molar-refractivity contribution in [3.05, 3.63) is 21.9 Å². The number of ether oxygens (including phenoxy) is 1. The van der Waals surface area contributed by atoms with Crippen LogP contribution in [0.25, 0.3) is 0 Å². The van der Waals surface area contributed by atoms with Gasteiger partial charge in [0.15, 0.2) is 0 Å². The molecule has 1 aromatic heterocycles. The Hall–Kier alpha value is -0.420. The van der Waals surface area contributed by atoms with E-state index >= 15 is 0 Å². The smallest absolute Gasteiger partial charge is 0.371 e. The van der Waals surface area contributed by atoms with E-state index in [1.165, 1.54) is 12.3 Å². The molecule has 0 saturated carbocycles. The Morgan fingerprint density at radius 1 is 1.45 bits per heavy atom.